The van der Waals surface area contributed by atoms with Gasteiger partial charge in [0.1, 0.15) is 6.04 Å². The van der Waals surface area contributed by atoms with Crippen LogP contribution in [-0.4, -0.2) is 46.6 Å². The molecule has 152 valence electrons. The van der Waals surface area contributed by atoms with Crippen LogP contribution in [0.3, 0.4) is 0 Å². The van der Waals surface area contributed by atoms with E-state index in [1.54, 1.807) is 12.1 Å². The van der Waals surface area contributed by atoms with Crippen LogP contribution < -0.4 is 16.0 Å². The molecule has 1 saturated heterocycles. The van der Waals surface area contributed by atoms with Crippen LogP contribution in [0.5, 0.6) is 0 Å². The molecule has 2 aliphatic heterocycles. The monoisotopic (exact) mass is 398 g/mol. The number of hydrogen-bond donors (Lipinski definition) is 3. The molecule has 1 atom stereocenters. The van der Waals surface area contributed by atoms with Gasteiger partial charge in [0.05, 0.1) is 16.8 Å². The number of carbonyl (C=O) groups excluding carboxylic acids is 5. The zero-order valence-corrected chi connectivity index (χ0v) is 15.8. The fourth-order valence-corrected chi connectivity index (χ4v) is 4.21. The number of piperidine rings is 1. The fraction of sp³-hybridized carbons (Fsp3) is 0.450. The summed E-state index contributed by atoms with van der Waals surface area (Å²) in [5, 5.41) is 7.75. The molecule has 1 saturated carbocycles. The highest BCUT2D eigenvalue weighted by Gasteiger charge is 2.45. The van der Waals surface area contributed by atoms with Crippen LogP contribution in [0.15, 0.2) is 18.2 Å². The number of nitrogens with one attached hydrogen (secondary N) is 3. The van der Waals surface area contributed by atoms with Crippen molar-refractivity contribution in [3.63, 3.8) is 0 Å². The van der Waals surface area contributed by atoms with Crippen molar-refractivity contribution >= 4 is 35.3 Å². The topological polar surface area (TPSA) is 125 Å². The van der Waals surface area contributed by atoms with Gasteiger partial charge in [-0.25, -0.2) is 4.79 Å². The molecule has 0 aromatic heterocycles. The first-order valence-corrected chi connectivity index (χ1v) is 9.88. The molecule has 1 aromatic carbocycles. The lowest BCUT2D eigenvalue weighted by Crippen LogP contribution is -2.54. The number of nitrogens with zero attached hydrogens (tertiary/aromatic N) is 1. The van der Waals surface area contributed by atoms with Gasteiger partial charge in [0, 0.05) is 12.5 Å². The highest BCUT2D eigenvalue weighted by Crippen LogP contribution is 2.32. The molecule has 4 rings (SSSR count). The smallest absolute Gasteiger partial charge is 0.319 e. The molecular formula is C20H22N4O5. The second kappa shape index (κ2) is 7.65. The Kier molecular flexibility index (Phi) is 5.04. The molecule has 2 heterocycles. The molecule has 1 unspecified atom stereocenters. The normalized spacial score (nSPS) is 22.3. The van der Waals surface area contributed by atoms with Crippen molar-refractivity contribution in [2.75, 3.05) is 5.32 Å². The molecule has 3 aliphatic rings. The summed E-state index contributed by atoms with van der Waals surface area (Å²) < 4.78 is 0. The van der Waals surface area contributed by atoms with Crippen molar-refractivity contribution in [1.82, 2.24) is 15.5 Å². The van der Waals surface area contributed by atoms with E-state index in [0.717, 1.165) is 30.6 Å². The van der Waals surface area contributed by atoms with Gasteiger partial charge >= 0.3 is 6.03 Å². The summed E-state index contributed by atoms with van der Waals surface area (Å²) in [6.45, 7) is 0. The predicted octanol–water partition coefficient (Wildman–Crippen LogP) is 1.54. The van der Waals surface area contributed by atoms with Crippen LogP contribution in [0, 0.1) is 0 Å². The average Bonchev–Trinajstić information content (AvgIpc) is 2.94. The minimum absolute atomic E-state index is 0.0543. The molecule has 3 N–H and O–H groups in total. The molecule has 1 aliphatic carbocycles. The first-order chi connectivity index (χ1) is 14.0. The second-order valence-corrected chi connectivity index (χ2v) is 7.61. The van der Waals surface area contributed by atoms with Crippen LogP contribution >= 0.6 is 0 Å². The minimum Gasteiger partial charge on any atom is -0.335 e. The van der Waals surface area contributed by atoms with Crippen LogP contribution in [0.4, 0.5) is 10.5 Å². The van der Waals surface area contributed by atoms with Crippen molar-refractivity contribution in [2.45, 2.75) is 57.0 Å². The molecular weight excluding hydrogens is 376 g/mol. The third-order valence-electron chi connectivity index (χ3n) is 5.66. The largest absolute Gasteiger partial charge is 0.335 e. The molecule has 2 fully saturated rings. The van der Waals surface area contributed by atoms with Gasteiger partial charge in [-0.05, 0) is 31.4 Å². The summed E-state index contributed by atoms with van der Waals surface area (Å²) in [6.07, 6.45) is 5.28. The van der Waals surface area contributed by atoms with Crippen molar-refractivity contribution in [3.05, 3.63) is 29.3 Å². The SMILES string of the molecule is O=C1CCC(N2C(=O)c3cccc(NC(=O)NC4CCCCC4)c3C2=O)C(=O)N1. The highest BCUT2D eigenvalue weighted by atomic mass is 16.2. The maximum absolute atomic E-state index is 13.0. The first-order valence-electron chi connectivity index (χ1n) is 9.88. The Morgan fingerprint density at radius 1 is 1.00 bits per heavy atom. The number of carbonyl (C=O) groups is 5. The van der Waals surface area contributed by atoms with E-state index < -0.39 is 35.7 Å². The molecule has 0 bridgehead atoms. The lowest BCUT2D eigenvalue weighted by Gasteiger charge is -2.27. The molecule has 9 nitrogen and oxygen atoms in total. The maximum atomic E-state index is 13.0. The molecule has 0 radical (unpaired) electrons. The van der Waals surface area contributed by atoms with E-state index >= 15 is 0 Å². The Balaban J connectivity index is 1.54. The van der Waals surface area contributed by atoms with Gasteiger partial charge in [-0.3, -0.25) is 29.4 Å². The van der Waals surface area contributed by atoms with E-state index in [9.17, 15) is 24.0 Å². The van der Waals surface area contributed by atoms with Crippen molar-refractivity contribution in [1.29, 1.82) is 0 Å². The van der Waals surface area contributed by atoms with Gasteiger partial charge in [0.15, 0.2) is 0 Å². The summed E-state index contributed by atoms with van der Waals surface area (Å²) in [4.78, 5) is 62.6. The lowest BCUT2D eigenvalue weighted by molar-refractivity contribution is -0.136. The second-order valence-electron chi connectivity index (χ2n) is 7.61. The van der Waals surface area contributed by atoms with Crippen LogP contribution in [0.1, 0.15) is 65.7 Å². The number of urea groups is 1. The minimum atomic E-state index is -1.04. The van der Waals surface area contributed by atoms with Gasteiger partial charge in [0.25, 0.3) is 11.8 Å². The third kappa shape index (κ3) is 3.59. The zero-order valence-electron chi connectivity index (χ0n) is 15.8. The van der Waals surface area contributed by atoms with E-state index in [1.165, 1.54) is 12.5 Å². The first kappa shape index (κ1) is 19.1. The number of imide groups is 2. The van der Waals surface area contributed by atoms with Crippen LogP contribution in [0.25, 0.3) is 0 Å². The summed E-state index contributed by atoms with van der Waals surface area (Å²) in [7, 11) is 0. The number of rotatable bonds is 3. The maximum Gasteiger partial charge on any atom is 0.319 e. The summed E-state index contributed by atoms with van der Waals surface area (Å²) in [5.41, 5.74) is 0.431. The quantitative estimate of drug-likeness (QED) is 0.666. The fourth-order valence-electron chi connectivity index (χ4n) is 4.21. The van der Waals surface area contributed by atoms with E-state index in [4.69, 9.17) is 0 Å². The number of anilines is 1. The average molecular weight is 398 g/mol. The van der Waals surface area contributed by atoms with Crippen LogP contribution in [0.2, 0.25) is 0 Å². The summed E-state index contributed by atoms with van der Waals surface area (Å²) in [6, 6.07) is 3.25. The Morgan fingerprint density at radius 3 is 2.48 bits per heavy atom. The van der Waals surface area contributed by atoms with Crippen molar-refractivity contribution in [3.8, 4) is 0 Å². The van der Waals surface area contributed by atoms with E-state index in [2.05, 4.69) is 16.0 Å². The van der Waals surface area contributed by atoms with Gasteiger partial charge in [-0.15, -0.1) is 0 Å². The Labute approximate surface area is 167 Å². The van der Waals surface area contributed by atoms with Crippen molar-refractivity contribution < 1.29 is 24.0 Å². The Bertz CT molecular complexity index is 906. The lowest BCUT2D eigenvalue weighted by atomic mass is 9.96. The van der Waals surface area contributed by atoms with E-state index in [0.29, 0.717) is 0 Å². The summed E-state index contributed by atoms with van der Waals surface area (Å²) in [5.74, 6) is -2.34. The van der Waals surface area contributed by atoms with E-state index in [1.807, 2.05) is 0 Å². The number of amides is 6. The number of fused-ring (bicyclic) bond motifs is 1. The summed E-state index contributed by atoms with van der Waals surface area (Å²) >= 11 is 0. The Hall–Kier alpha value is -3.23. The van der Waals surface area contributed by atoms with Gasteiger partial charge in [-0.1, -0.05) is 25.3 Å². The molecule has 0 spiro atoms. The molecule has 29 heavy (non-hydrogen) atoms. The third-order valence-corrected chi connectivity index (χ3v) is 5.66. The van der Waals surface area contributed by atoms with Gasteiger partial charge in [0.2, 0.25) is 11.8 Å². The molecule has 9 heteroatoms. The van der Waals surface area contributed by atoms with Gasteiger partial charge < -0.3 is 10.6 Å². The van der Waals surface area contributed by atoms with Crippen molar-refractivity contribution in [2.24, 2.45) is 0 Å². The number of hydrogen-bond acceptors (Lipinski definition) is 5. The molecule has 1 aromatic rings. The highest BCUT2D eigenvalue weighted by molar-refractivity contribution is 6.26. The molecule has 6 amide bonds. The van der Waals surface area contributed by atoms with E-state index in [-0.39, 0.29) is 35.7 Å². The zero-order chi connectivity index (χ0) is 20.5. The van der Waals surface area contributed by atoms with Gasteiger partial charge in [-0.2, -0.15) is 0 Å². The van der Waals surface area contributed by atoms with Crippen LogP contribution in [-0.2, 0) is 9.59 Å². The predicted molar refractivity (Wildman–Crippen MR) is 102 cm³/mol. The standard InChI is InChI=1S/C20H22N4O5/c25-15-10-9-14(17(26)23-15)24-18(27)12-7-4-8-13(16(12)19(24)28)22-20(29)21-11-5-2-1-3-6-11/h4,7-8,11,14H,1-3,5-6,9-10H2,(H2,21,22,29)(H,23,25,26). The number of benzene rings is 1. The Morgan fingerprint density at radius 2 is 1.76 bits per heavy atom.